The second kappa shape index (κ2) is 5.87. The molecule has 2 rings (SSSR count). The van der Waals surface area contributed by atoms with Crippen LogP contribution in [0.25, 0.3) is 0 Å². The molecule has 0 aliphatic rings. The van der Waals surface area contributed by atoms with Crippen molar-refractivity contribution in [2.24, 2.45) is 0 Å². The maximum atomic E-state index is 5.69. The van der Waals surface area contributed by atoms with E-state index in [-0.39, 0.29) is 0 Å². The molecule has 4 heteroatoms. The van der Waals surface area contributed by atoms with Crippen LogP contribution in [0, 0.1) is 0 Å². The monoisotopic (exact) mass is 305 g/mol. The number of benzene rings is 1. The van der Waals surface area contributed by atoms with Crippen molar-refractivity contribution in [2.75, 3.05) is 17.2 Å². The lowest BCUT2D eigenvalue weighted by molar-refractivity contribution is 0.813. The molecule has 0 aliphatic carbocycles. The van der Waals surface area contributed by atoms with Gasteiger partial charge in [0.2, 0.25) is 0 Å². The molecule has 1 heterocycles. The van der Waals surface area contributed by atoms with Crippen LogP contribution < -0.4 is 10.6 Å². The Kier molecular flexibility index (Phi) is 4.20. The van der Waals surface area contributed by atoms with Crippen LogP contribution in [0.3, 0.4) is 0 Å². The van der Waals surface area contributed by atoms with Gasteiger partial charge in [-0.3, -0.25) is 0 Å². The van der Waals surface area contributed by atoms with E-state index in [0.29, 0.717) is 0 Å². The van der Waals surface area contributed by atoms with Gasteiger partial charge in [0.15, 0.2) is 0 Å². The van der Waals surface area contributed by atoms with Crippen molar-refractivity contribution in [1.82, 2.24) is 4.98 Å². The number of anilines is 2. The topological polar surface area (TPSA) is 42.1 Å². The van der Waals surface area contributed by atoms with Gasteiger partial charge in [-0.25, -0.2) is 4.98 Å². The zero-order valence-electron chi connectivity index (χ0n) is 10.3. The number of nitrogen functional groups attached to an aromatic ring is 1. The minimum Gasteiger partial charge on any atom is -0.399 e. The predicted octanol–water partition coefficient (Wildman–Crippen LogP) is 3.45. The van der Waals surface area contributed by atoms with E-state index in [1.807, 2.05) is 30.5 Å². The minimum absolute atomic E-state index is 0.795. The van der Waals surface area contributed by atoms with Crippen molar-refractivity contribution < 1.29 is 0 Å². The molecule has 0 unspecified atom stereocenters. The summed E-state index contributed by atoms with van der Waals surface area (Å²) in [5.74, 6) is 0.984. The first-order valence-corrected chi connectivity index (χ1v) is 6.69. The Hall–Kier alpha value is -1.55. The molecule has 1 aromatic heterocycles. The quantitative estimate of drug-likeness (QED) is 0.880. The highest BCUT2D eigenvalue weighted by Crippen LogP contribution is 2.17. The van der Waals surface area contributed by atoms with Crippen molar-refractivity contribution >= 4 is 27.4 Å². The minimum atomic E-state index is 0.795. The van der Waals surface area contributed by atoms with Crippen molar-refractivity contribution in [3.05, 3.63) is 52.6 Å². The molecule has 0 spiro atoms. The summed E-state index contributed by atoms with van der Waals surface area (Å²) in [5, 5.41) is 0. The maximum absolute atomic E-state index is 5.69. The fraction of sp³-hybridized carbons (Fsp3) is 0.214. The lowest BCUT2D eigenvalue weighted by Gasteiger charge is -2.22. The number of nitrogens with zero attached hydrogens (tertiary/aromatic N) is 2. The average molecular weight is 306 g/mol. The number of hydrogen-bond donors (Lipinski definition) is 1. The SMILES string of the molecule is CCN(Cc1ccc(N)cc1)c1ccc(Br)cn1. The molecule has 0 fully saturated rings. The van der Waals surface area contributed by atoms with Crippen LogP contribution in [-0.4, -0.2) is 11.5 Å². The molecule has 0 saturated heterocycles. The third kappa shape index (κ3) is 3.23. The number of halogens is 1. The summed E-state index contributed by atoms with van der Waals surface area (Å²) in [6.45, 7) is 3.88. The van der Waals surface area contributed by atoms with Crippen LogP contribution in [0.5, 0.6) is 0 Å². The van der Waals surface area contributed by atoms with Gasteiger partial charge in [0.25, 0.3) is 0 Å². The molecule has 0 aliphatic heterocycles. The zero-order valence-corrected chi connectivity index (χ0v) is 11.9. The molecule has 0 saturated carbocycles. The highest BCUT2D eigenvalue weighted by molar-refractivity contribution is 9.10. The highest BCUT2D eigenvalue weighted by atomic mass is 79.9. The Morgan fingerprint density at radius 1 is 1.17 bits per heavy atom. The third-order valence-electron chi connectivity index (χ3n) is 2.77. The Morgan fingerprint density at radius 3 is 2.44 bits per heavy atom. The van der Waals surface area contributed by atoms with Gasteiger partial charge in [0.05, 0.1) is 0 Å². The number of rotatable bonds is 4. The van der Waals surface area contributed by atoms with Crippen LogP contribution in [0.15, 0.2) is 47.1 Å². The van der Waals surface area contributed by atoms with E-state index in [0.717, 1.165) is 29.1 Å². The summed E-state index contributed by atoms with van der Waals surface area (Å²) >= 11 is 3.40. The molecule has 1 aromatic carbocycles. The molecule has 0 atom stereocenters. The van der Waals surface area contributed by atoms with Gasteiger partial charge < -0.3 is 10.6 Å². The highest BCUT2D eigenvalue weighted by Gasteiger charge is 2.06. The van der Waals surface area contributed by atoms with E-state index in [1.165, 1.54) is 5.56 Å². The van der Waals surface area contributed by atoms with E-state index in [9.17, 15) is 0 Å². The van der Waals surface area contributed by atoms with E-state index < -0.39 is 0 Å². The number of aromatic nitrogens is 1. The van der Waals surface area contributed by atoms with Crippen LogP contribution in [0.2, 0.25) is 0 Å². The van der Waals surface area contributed by atoms with Gasteiger partial charge in [-0.05, 0) is 52.7 Å². The number of pyridine rings is 1. The Labute approximate surface area is 116 Å². The Morgan fingerprint density at radius 2 is 1.89 bits per heavy atom. The molecule has 0 radical (unpaired) electrons. The van der Waals surface area contributed by atoms with E-state index in [4.69, 9.17) is 5.73 Å². The lowest BCUT2D eigenvalue weighted by atomic mass is 10.2. The van der Waals surface area contributed by atoms with Crippen molar-refractivity contribution in [1.29, 1.82) is 0 Å². The van der Waals surface area contributed by atoms with E-state index in [2.05, 4.69) is 44.9 Å². The molecule has 2 aromatic rings. The van der Waals surface area contributed by atoms with Gasteiger partial charge in [0, 0.05) is 29.4 Å². The van der Waals surface area contributed by atoms with Gasteiger partial charge in [0.1, 0.15) is 5.82 Å². The predicted molar refractivity (Wildman–Crippen MR) is 79.5 cm³/mol. The molecule has 3 nitrogen and oxygen atoms in total. The van der Waals surface area contributed by atoms with Crippen LogP contribution in [0.4, 0.5) is 11.5 Å². The molecule has 0 amide bonds. The smallest absolute Gasteiger partial charge is 0.128 e. The van der Waals surface area contributed by atoms with Gasteiger partial charge in [-0.1, -0.05) is 12.1 Å². The van der Waals surface area contributed by atoms with Crippen LogP contribution >= 0.6 is 15.9 Å². The molecular formula is C14H16BrN3. The molecular weight excluding hydrogens is 290 g/mol. The van der Waals surface area contributed by atoms with Crippen molar-refractivity contribution in [3.8, 4) is 0 Å². The zero-order chi connectivity index (χ0) is 13.0. The maximum Gasteiger partial charge on any atom is 0.128 e. The van der Waals surface area contributed by atoms with Gasteiger partial charge in [-0.15, -0.1) is 0 Å². The first-order chi connectivity index (χ1) is 8.69. The summed E-state index contributed by atoms with van der Waals surface area (Å²) in [4.78, 5) is 6.64. The average Bonchev–Trinajstić information content (AvgIpc) is 2.39. The first kappa shape index (κ1) is 12.9. The Balaban J connectivity index is 2.14. The molecule has 94 valence electrons. The standard InChI is InChI=1S/C14H16BrN3/c1-2-18(14-8-5-12(15)9-17-14)10-11-3-6-13(16)7-4-11/h3-9H,2,10,16H2,1H3. The molecule has 2 N–H and O–H groups in total. The van der Waals surface area contributed by atoms with Crippen LogP contribution in [0.1, 0.15) is 12.5 Å². The van der Waals surface area contributed by atoms with E-state index in [1.54, 1.807) is 0 Å². The number of nitrogens with two attached hydrogens (primary N) is 1. The lowest BCUT2D eigenvalue weighted by Crippen LogP contribution is -2.22. The second-order valence-corrected chi connectivity index (χ2v) is 5.01. The van der Waals surface area contributed by atoms with Crippen molar-refractivity contribution in [3.63, 3.8) is 0 Å². The van der Waals surface area contributed by atoms with E-state index >= 15 is 0 Å². The number of hydrogen-bond acceptors (Lipinski definition) is 3. The summed E-state index contributed by atoms with van der Waals surface area (Å²) in [6, 6.07) is 12.0. The summed E-state index contributed by atoms with van der Waals surface area (Å²) in [6.07, 6.45) is 1.82. The molecule has 0 bridgehead atoms. The Bertz CT molecular complexity index is 493. The van der Waals surface area contributed by atoms with Crippen LogP contribution in [-0.2, 0) is 6.54 Å². The summed E-state index contributed by atoms with van der Waals surface area (Å²) in [7, 11) is 0. The normalized spacial score (nSPS) is 10.3. The van der Waals surface area contributed by atoms with Crippen molar-refractivity contribution in [2.45, 2.75) is 13.5 Å². The largest absolute Gasteiger partial charge is 0.399 e. The van der Waals surface area contributed by atoms with Gasteiger partial charge >= 0.3 is 0 Å². The first-order valence-electron chi connectivity index (χ1n) is 5.90. The summed E-state index contributed by atoms with van der Waals surface area (Å²) in [5.41, 5.74) is 7.71. The summed E-state index contributed by atoms with van der Waals surface area (Å²) < 4.78 is 0.995. The fourth-order valence-corrected chi connectivity index (χ4v) is 1.99. The van der Waals surface area contributed by atoms with Gasteiger partial charge in [-0.2, -0.15) is 0 Å². The second-order valence-electron chi connectivity index (χ2n) is 4.09. The molecule has 18 heavy (non-hydrogen) atoms. The third-order valence-corrected chi connectivity index (χ3v) is 3.24. The fourth-order valence-electron chi connectivity index (χ4n) is 1.75.